The van der Waals surface area contributed by atoms with Crippen molar-refractivity contribution >= 4 is 5.91 Å². The lowest BCUT2D eigenvalue weighted by atomic mass is 9.87. The van der Waals surface area contributed by atoms with Gasteiger partial charge in [-0.3, -0.25) is 9.69 Å². The molecule has 0 unspecified atom stereocenters. The first-order valence-corrected chi connectivity index (χ1v) is 12.2. The minimum atomic E-state index is -4.26. The van der Waals surface area contributed by atoms with Gasteiger partial charge in [0.2, 0.25) is 5.91 Å². The Kier molecular flexibility index (Phi) is 6.75. The number of alkyl halides is 3. The predicted octanol–water partition coefficient (Wildman–Crippen LogP) is 5.70. The topological polar surface area (TPSA) is 41.6 Å². The van der Waals surface area contributed by atoms with Gasteiger partial charge < -0.3 is 10.1 Å². The number of methoxy groups -OCH3 is 1. The van der Waals surface area contributed by atoms with Crippen LogP contribution in [-0.4, -0.2) is 37.2 Å². The van der Waals surface area contributed by atoms with E-state index >= 15 is 0 Å². The van der Waals surface area contributed by atoms with Crippen molar-refractivity contribution in [1.82, 2.24) is 10.2 Å². The number of carbonyl (C=O) groups is 1. The molecule has 4 nitrogen and oxygen atoms in total. The van der Waals surface area contributed by atoms with Crippen molar-refractivity contribution in [2.75, 3.05) is 20.2 Å². The van der Waals surface area contributed by atoms with E-state index in [2.05, 4.69) is 5.32 Å². The van der Waals surface area contributed by atoms with Crippen LogP contribution in [0.25, 0.3) is 11.1 Å². The van der Waals surface area contributed by atoms with E-state index in [4.69, 9.17) is 4.74 Å². The summed E-state index contributed by atoms with van der Waals surface area (Å²) >= 11 is 0. The summed E-state index contributed by atoms with van der Waals surface area (Å²) in [4.78, 5) is 14.3. The van der Waals surface area contributed by atoms with Crippen LogP contribution in [0.15, 0.2) is 66.7 Å². The third kappa shape index (κ3) is 5.41. The molecule has 2 atom stereocenters. The summed E-state index contributed by atoms with van der Waals surface area (Å²) in [5.74, 6) is 0.903. The van der Waals surface area contributed by atoms with Gasteiger partial charge in [-0.2, -0.15) is 13.2 Å². The van der Waals surface area contributed by atoms with Gasteiger partial charge in [-0.25, -0.2) is 0 Å². The van der Waals surface area contributed by atoms with E-state index < -0.39 is 12.7 Å². The van der Waals surface area contributed by atoms with Crippen LogP contribution < -0.4 is 10.1 Å². The minimum absolute atomic E-state index is 0.00238. The smallest absolute Gasteiger partial charge is 0.401 e. The van der Waals surface area contributed by atoms with E-state index in [0.717, 1.165) is 40.0 Å². The Balaban J connectivity index is 1.38. The fourth-order valence-corrected chi connectivity index (χ4v) is 5.28. The first kappa shape index (κ1) is 24.4. The number of hydrogen-bond donors (Lipinski definition) is 1. The predicted molar refractivity (Wildman–Crippen MR) is 133 cm³/mol. The van der Waals surface area contributed by atoms with E-state index in [1.165, 1.54) is 10.5 Å². The quantitative estimate of drug-likeness (QED) is 0.458. The molecule has 3 aromatic rings. The number of carbonyl (C=O) groups excluding carboxylic acids is 1. The molecular weight excluding hydrogens is 465 g/mol. The Labute approximate surface area is 209 Å². The first-order chi connectivity index (χ1) is 17.3. The van der Waals surface area contributed by atoms with Gasteiger partial charge in [0, 0.05) is 25.6 Å². The summed E-state index contributed by atoms with van der Waals surface area (Å²) in [6.45, 7) is -0.103. The molecule has 0 spiro atoms. The molecular formula is C29H29F3N2O2. The van der Waals surface area contributed by atoms with Crippen LogP contribution in [0.2, 0.25) is 0 Å². The molecule has 0 radical (unpaired) electrons. The highest BCUT2D eigenvalue weighted by atomic mass is 19.4. The fourth-order valence-electron chi connectivity index (χ4n) is 5.28. The van der Waals surface area contributed by atoms with Gasteiger partial charge in [-0.1, -0.05) is 54.6 Å². The summed E-state index contributed by atoms with van der Waals surface area (Å²) in [6, 6.07) is 21.7. The molecule has 0 bridgehead atoms. The standard InChI is InChI=1S/C29H29F3N2O2/c1-36-22-9-5-8-20(14-22)23-11-10-21(27-17-34(13-12-24(23)27)18-29(30,31)32)16-33-28(35)26-15-25(26)19-6-3-2-4-7-19/h2-11,14,25-26H,12-13,15-18H2,1H3,(H,33,35)/t25-,26-/m1/s1. The Hall–Kier alpha value is -3.32. The van der Waals surface area contributed by atoms with Crippen molar-refractivity contribution in [3.63, 3.8) is 0 Å². The molecule has 2 aliphatic rings. The number of fused-ring (bicyclic) bond motifs is 1. The van der Waals surface area contributed by atoms with Crippen LogP contribution in [0.5, 0.6) is 5.75 Å². The van der Waals surface area contributed by atoms with E-state index in [9.17, 15) is 18.0 Å². The van der Waals surface area contributed by atoms with Crippen LogP contribution in [0, 0.1) is 5.92 Å². The van der Waals surface area contributed by atoms with Crippen LogP contribution >= 0.6 is 0 Å². The minimum Gasteiger partial charge on any atom is -0.497 e. The molecule has 1 aliphatic carbocycles. The average molecular weight is 495 g/mol. The van der Waals surface area contributed by atoms with Gasteiger partial charge in [0.15, 0.2) is 0 Å². The van der Waals surface area contributed by atoms with Crippen molar-refractivity contribution in [1.29, 1.82) is 0 Å². The number of ether oxygens (including phenoxy) is 1. The molecule has 1 heterocycles. The summed E-state index contributed by atoms with van der Waals surface area (Å²) in [5, 5.41) is 3.05. The Bertz CT molecular complexity index is 1240. The van der Waals surface area contributed by atoms with Crippen molar-refractivity contribution in [3.05, 3.63) is 89.0 Å². The maximum Gasteiger partial charge on any atom is 0.401 e. The molecule has 0 aromatic heterocycles. The van der Waals surface area contributed by atoms with Gasteiger partial charge in [0.05, 0.1) is 13.7 Å². The maximum absolute atomic E-state index is 13.2. The van der Waals surface area contributed by atoms with Crippen LogP contribution in [0.4, 0.5) is 13.2 Å². The number of hydrogen-bond acceptors (Lipinski definition) is 3. The van der Waals surface area contributed by atoms with Gasteiger partial charge >= 0.3 is 6.18 Å². The highest BCUT2D eigenvalue weighted by molar-refractivity contribution is 5.83. The zero-order chi connectivity index (χ0) is 25.3. The second kappa shape index (κ2) is 9.97. The molecule has 1 aliphatic heterocycles. The molecule has 3 aromatic carbocycles. The zero-order valence-electron chi connectivity index (χ0n) is 20.1. The third-order valence-corrected chi connectivity index (χ3v) is 7.18. The molecule has 188 valence electrons. The van der Waals surface area contributed by atoms with E-state index in [0.29, 0.717) is 19.5 Å². The summed E-state index contributed by atoms with van der Waals surface area (Å²) < 4.78 is 44.8. The number of benzene rings is 3. The second-order valence-electron chi connectivity index (χ2n) is 9.61. The second-order valence-corrected chi connectivity index (χ2v) is 9.61. The Morgan fingerprint density at radius 2 is 1.86 bits per heavy atom. The maximum atomic E-state index is 13.2. The Morgan fingerprint density at radius 1 is 1.06 bits per heavy atom. The molecule has 1 fully saturated rings. The molecule has 1 amide bonds. The summed E-state index contributed by atoms with van der Waals surface area (Å²) in [5.41, 5.74) is 5.92. The average Bonchev–Trinajstić information content (AvgIpc) is 3.68. The molecule has 0 saturated heterocycles. The highest BCUT2D eigenvalue weighted by Crippen LogP contribution is 2.47. The number of nitrogens with zero attached hydrogens (tertiary/aromatic N) is 1. The van der Waals surface area contributed by atoms with Crippen molar-refractivity contribution < 1.29 is 22.7 Å². The first-order valence-electron chi connectivity index (χ1n) is 12.2. The van der Waals surface area contributed by atoms with Crippen molar-refractivity contribution in [2.24, 2.45) is 5.92 Å². The third-order valence-electron chi connectivity index (χ3n) is 7.18. The SMILES string of the molecule is COc1cccc(-c2ccc(CNC(=O)[C@@H]3C[C@@H]3c3ccccc3)c3c2CCN(CC(F)(F)F)C3)c1. The lowest BCUT2D eigenvalue weighted by Crippen LogP contribution is -2.39. The number of amides is 1. The van der Waals surface area contributed by atoms with Gasteiger partial charge in [-0.05, 0) is 64.3 Å². The molecule has 1 saturated carbocycles. The largest absolute Gasteiger partial charge is 0.497 e. The normalized spacial score (nSPS) is 19.4. The van der Waals surface area contributed by atoms with Crippen molar-refractivity contribution in [2.45, 2.75) is 38.0 Å². The lowest BCUT2D eigenvalue weighted by Gasteiger charge is -2.32. The molecule has 1 N–H and O–H groups in total. The zero-order valence-corrected chi connectivity index (χ0v) is 20.1. The number of halogens is 3. The fraction of sp³-hybridized carbons (Fsp3) is 0.345. The molecule has 36 heavy (non-hydrogen) atoms. The summed E-state index contributed by atoms with van der Waals surface area (Å²) in [6.07, 6.45) is -2.92. The van der Waals surface area contributed by atoms with Crippen molar-refractivity contribution in [3.8, 4) is 16.9 Å². The lowest BCUT2D eigenvalue weighted by molar-refractivity contribution is -0.147. The van der Waals surface area contributed by atoms with Gasteiger partial charge in [0.1, 0.15) is 5.75 Å². The highest BCUT2D eigenvalue weighted by Gasteiger charge is 2.43. The van der Waals surface area contributed by atoms with Crippen LogP contribution in [-0.2, 0) is 24.3 Å². The molecule has 7 heteroatoms. The summed E-state index contributed by atoms with van der Waals surface area (Å²) in [7, 11) is 1.61. The monoisotopic (exact) mass is 494 g/mol. The van der Waals surface area contributed by atoms with E-state index in [1.54, 1.807) is 7.11 Å². The van der Waals surface area contributed by atoms with Crippen LogP contribution in [0.3, 0.4) is 0 Å². The van der Waals surface area contributed by atoms with Gasteiger partial charge in [-0.15, -0.1) is 0 Å². The molecule has 5 rings (SSSR count). The number of nitrogens with one attached hydrogen (secondary N) is 1. The Morgan fingerprint density at radius 3 is 2.61 bits per heavy atom. The van der Waals surface area contributed by atoms with Gasteiger partial charge in [0.25, 0.3) is 0 Å². The van der Waals surface area contributed by atoms with E-state index in [-0.39, 0.29) is 24.3 Å². The number of rotatable bonds is 7. The van der Waals surface area contributed by atoms with E-state index in [1.807, 2.05) is 66.7 Å². The van der Waals surface area contributed by atoms with Crippen LogP contribution in [0.1, 0.15) is 34.6 Å².